The Labute approximate surface area is 142 Å². The quantitative estimate of drug-likeness (QED) is 0.485. The highest BCUT2D eigenvalue weighted by Gasteiger charge is 2.04. The van der Waals surface area contributed by atoms with E-state index >= 15 is 0 Å². The molecule has 2 rings (SSSR count). The number of thioether (sulfide) groups is 1. The number of guanidine groups is 1. The zero-order valence-corrected chi connectivity index (χ0v) is 15.1. The number of benzene rings is 1. The highest BCUT2D eigenvalue weighted by atomic mass is 32.2. The van der Waals surface area contributed by atoms with Gasteiger partial charge in [0.1, 0.15) is 0 Å². The van der Waals surface area contributed by atoms with Crippen LogP contribution in [0.25, 0.3) is 0 Å². The summed E-state index contributed by atoms with van der Waals surface area (Å²) in [5.74, 6) is 0.807. The van der Waals surface area contributed by atoms with Crippen LogP contribution < -0.4 is 10.6 Å². The molecule has 0 radical (unpaired) electrons. The van der Waals surface area contributed by atoms with Gasteiger partial charge in [0, 0.05) is 31.2 Å². The molecule has 2 aromatic rings. The van der Waals surface area contributed by atoms with Crippen LogP contribution in [0.1, 0.15) is 16.7 Å². The number of aryl methyl sites for hydroxylation is 2. The number of aliphatic imine (C=N–C) groups is 1. The summed E-state index contributed by atoms with van der Waals surface area (Å²) >= 11 is 1.77. The number of aromatic nitrogens is 2. The fraction of sp³-hybridized carbons (Fsp3) is 0.412. The molecular weight excluding hydrogens is 306 g/mol. The predicted octanol–water partition coefficient (Wildman–Crippen LogP) is 2.59. The number of nitrogens with zero attached hydrogens (tertiary/aromatic N) is 3. The predicted molar refractivity (Wildman–Crippen MR) is 98.1 cm³/mol. The van der Waals surface area contributed by atoms with Crippen LogP contribution in [-0.4, -0.2) is 35.6 Å². The molecule has 1 heterocycles. The normalized spacial score (nSPS) is 11.6. The van der Waals surface area contributed by atoms with Crippen LogP contribution >= 0.6 is 11.8 Å². The largest absolute Gasteiger partial charge is 0.355 e. The summed E-state index contributed by atoms with van der Waals surface area (Å²) in [4.78, 5) is 5.58. The molecule has 0 aliphatic carbocycles. The SMILES string of the molecule is CN=C(NCCn1cc(C)cn1)NCc1ccc(C)cc1SC. The third kappa shape index (κ3) is 5.32. The molecule has 0 amide bonds. The Morgan fingerprint density at radius 2 is 2.09 bits per heavy atom. The van der Waals surface area contributed by atoms with E-state index < -0.39 is 0 Å². The van der Waals surface area contributed by atoms with E-state index in [4.69, 9.17) is 0 Å². The van der Waals surface area contributed by atoms with E-state index in [2.05, 4.69) is 52.1 Å². The molecule has 0 atom stereocenters. The second kappa shape index (κ2) is 8.62. The van der Waals surface area contributed by atoms with Gasteiger partial charge in [0.15, 0.2) is 5.96 Å². The molecule has 0 aliphatic rings. The lowest BCUT2D eigenvalue weighted by molar-refractivity contribution is 0.597. The smallest absolute Gasteiger partial charge is 0.191 e. The molecule has 0 spiro atoms. The van der Waals surface area contributed by atoms with Gasteiger partial charge < -0.3 is 10.6 Å². The minimum Gasteiger partial charge on any atom is -0.355 e. The monoisotopic (exact) mass is 331 g/mol. The van der Waals surface area contributed by atoms with Crippen molar-refractivity contribution in [1.29, 1.82) is 0 Å². The minimum absolute atomic E-state index is 0.761. The second-order valence-corrected chi connectivity index (χ2v) is 6.30. The van der Waals surface area contributed by atoms with Crippen molar-refractivity contribution >= 4 is 17.7 Å². The first-order valence-electron chi connectivity index (χ1n) is 7.69. The Bertz CT molecular complexity index is 663. The maximum Gasteiger partial charge on any atom is 0.191 e. The average Bonchev–Trinajstić information content (AvgIpc) is 2.96. The maximum atomic E-state index is 4.28. The first kappa shape index (κ1) is 17.4. The number of rotatable bonds is 6. The van der Waals surface area contributed by atoms with E-state index in [0.717, 1.165) is 25.6 Å². The Balaban J connectivity index is 1.83. The van der Waals surface area contributed by atoms with E-state index in [1.54, 1.807) is 18.8 Å². The first-order valence-corrected chi connectivity index (χ1v) is 8.92. The lowest BCUT2D eigenvalue weighted by Crippen LogP contribution is -2.38. The van der Waals surface area contributed by atoms with Crippen LogP contribution in [0, 0.1) is 13.8 Å². The van der Waals surface area contributed by atoms with Crippen LogP contribution in [0.3, 0.4) is 0 Å². The molecular formula is C17H25N5S. The Morgan fingerprint density at radius 3 is 2.74 bits per heavy atom. The molecule has 23 heavy (non-hydrogen) atoms. The van der Waals surface area contributed by atoms with Crippen molar-refractivity contribution in [1.82, 2.24) is 20.4 Å². The Kier molecular flexibility index (Phi) is 6.52. The molecule has 1 aromatic heterocycles. The topological polar surface area (TPSA) is 54.2 Å². The molecule has 0 fully saturated rings. The van der Waals surface area contributed by atoms with Crippen LogP contribution in [0.4, 0.5) is 0 Å². The summed E-state index contributed by atoms with van der Waals surface area (Å²) in [6.45, 7) is 6.52. The summed E-state index contributed by atoms with van der Waals surface area (Å²) in [6.07, 6.45) is 6.01. The Hall–Kier alpha value is -1.95. The van der Waals surface area contributed by atoms with Gasteiger partial charge in [0.2, 0.25) is 0 Å². The van der Waals surface area contributed by atoms with Gasteiger partial charge in [-0.05, 0) is 42.9 Å². The molecule has 0 saturated heterocycles. The van der Waals surface area contributed by atoms with Crippen molar-refractivity contribution in [3.05, 3.63) is 47.3 Å². The van der Waals surface area contributed by atoms with E-state index in [-0.39, 0.29) is 0 Å². The average molecular weight is 331 g/mol. The van der Waals surface area contributed by atoms with Gasteiger partial charge in [-0.25, -0.2) is 0 Å². The van der Waals surface area contributed by atoms with Crippen molar-refractivity contribution in [2.24, 2.45) is 4.99 Å². The van der Waals surface area contributed by atoms with E-state index in [0.29, 0.717) is 0 Å². The van der Waals surface area contributed by atoms with Crippen molar-refractivity contribution < 1.29 is 0 Å². The van der Waals surface area contributed by atoms with Crippen LogP contribution in [-0.2, 0) is 13.1 Å². The fourth-order valence-electron chi connectivity index (χ4n) is 2.28. The fourth-order valence-corrected chi connectivity index (χ4v) is 2.98. The molecule has 6 heteroatoms. The van der Waals surface area contributed by atoms with Crippen molar-refractivity contribution in [3.8, 4) is 0 Å². The van der Waals surface area contributed by atoms with E-state index in [9.17, 15) is 0 Å². The van der Waals surface area contributed by atoms with Crippen LogP contribution in [0.5, 0.6) is 0 Å². The van der Waals surface area contributed by atoms with Gasteiger partial charge in [-0.3, -0.25) is 9.67 Å². The third-order valence-electron chi connectivity index (χ3n) is 3.51. The van der Waals surface area contributed by atoms with Crippen molar-refractivity contribution in [2.75, 3.05) is 19.8 Å². The summed E-state index contributed by atoms with van der Waals surface area (Å²) in [5, 5.41) is 11.0. The molecule has 0 unspecified atom stereocenters. The van der Waals surface area contributed by atoms with Crippen LogP contribution in [0.2, 0.25) is 0 Å². The standard InChI is InChI=1S/C17H25N5S/c1-13-5-6-15(16(9-13)23-4)11-20-17(18-3)19-7-8-22-12-14(2)10-21-22/h5-6,9-10,12H,7-8,11H2,1-4H3,(H2,18,19,20). The summed E-state index contributed by atoms with van der Waals surface area (Å²) in [7, 11) is 1.79. The second-order valence-electron chi connectivity index (χ2n) is 5.45. The molecule has 2 N–H and O–H groups in total. The third-order valence-corrected chi connectivity index (χ3v) is 4.33. The van der Waals surface area contributed by atoms with Gasteiger partial charge in [0.05, 0.1) is 12.7 Å². The zero-order chi connectivity index (χ0) is 16.7. The summed E-state index contributed by atoms with van der Waals surface area (Å²) in [6, 6.07) is 6.54. The molecule has 1 aromatic carbocycles. The van der Waals surface area contributed by atoms with Gasteiger partial charge in [0.25, 0.3) is 0 Å². The van der Waals surface area contributed by atoms with Gasteiger partial charge in [-0.15, -0.1) is 11.8 Å². The highest BCUT2D eigenvalue weighted by molar-refractivity contribution is 7.98. The van der Waals surface area contributed by atoms with Crippen molar-refractivity contribution in [2.45, 2.75) is 31.8 Å². The van der Waals surface area contributed by atoms with Crippen molar-refractivity contribution in [3.63, 3.8) is 0 Å². The molecule has 0 bridgehead atoms. The Morgan fingerprint density at radius 1 is 1.26 bits per heavy atom. The number of hydrogen-bond donors (Lipinski definition) is 2. The zero-order valence-electron chi connectivity index (χ0n) is 14.3. The van der Waals surface area contributed by atoms with E-state index in [1.165, 1.54) is 21.6 Å². The lowest BCUT2D eigenvalue weighted by Gasteiger charge is -2.14. The number of nitrogens with one attached hydrogen (secondary N) is 2. The summed E-state index contributed by atoms with van der Waals surface area (Å²) in [5.41, 5.74) is 3.75. The highest BCUT2D eigenvalue weighted by Crippen LogP contribution is 2.21. The lowest BCUT2D eigenvalue weighted by atomic mass is 10.1. The first-order chi connectivity index (χ1) is 11.1. The van der Waals surface area contributed by atoms with Gasteiger partial charge >= 0.3 is 0 Å². The van der Waals surface area contributed by atoms with Gasteiger partial charge in [-0.1, -0.05) is 12.1 Å². The molecule has 124 valence electrons. The molecule has 0 saturated carbocycles. The minimum atomic E-state index is 0.761. The summed E-state index contributed by atoms with van der Waals surface area (Å²) < 4.78 is 1.93. The van der Waals surface area contributed by atoms with Crippen LogP contribution in [0.15, 0.2) is 40.5 Å². The molecule has 5 nitrogen and oxygen atoms in total. The molecule has 0 aliphatic heterocycles. The van der Waals surface area contributed by atoms with Gasteiger partial charge in [-0.2, -0.15) is 5.10 Å². The maximum absolute atomic E-state index is 4.28. The van der Waals surface area contributed by atoms with E-state index in [1.807, 2.05) is 24.0 Å². The number of hydrogen-bond acceptors (Lipinski definition) is 3.